The Morgan fingerprint density at radius 3 is 2.59 bits per heavy atom. The highest BCUT2D eigenvalue weighted by Crippen LogP contribution is 2.44. The van der Waals surface area contributed by atoms with Crippen molar-refractivity contribution in [2.45, 2.75) is 26.7 Å². The van der Waals surface area contributed by atoms with Crippen LogP contribution in [0.2, 0.25) is 0 Å². The molecule has 1 aromatic carbocycles. The minimum absolute atomic E-state index is 0.116. The van der Waals surface area contributed by atoms with E-state index in [2.05, 4.69) is 34.5 Å². The highest BCUT2D eigenvalue weighted by Gasteiger charge is 2.37. The van der Waals surface area contributed by atoms with Crippen LogP contribution in [-0.4, -0.2) is 41.5 Å². The quantitative estimate of drug-likeness (QED) is 0.731. The van der Waals surface area contributed by atoms with Crippen molar-refractivity contribution >= 4 is 28.4 Å². The average Bonchev–Trinajstić information content (AvgIpc) is 3.16. The number of hydrogen-bond acceptors (Lipinski definition) is 4. The van der Waals surface area contributed by atoms with Crippen molar-refractivity contribution in [1.82, 2.24) is 14.7 Å². The van der Waals surface area contributed by atoms with E-state index in [0.717, 1.165) is 55.6 Å². The van der Waals surface area contributed by atoms with Crippen LogP contribution in [0.1, 0.15) is 35.3 Å². The number of para-hydroxylation sites is 2. The highest BCUT2D eigenvalue weighted by molar-refractivity contribution is 6.04. The third kappa shape index (κ3) is 2.43. The molecule has 2 aliphatic rings. The lowest BCUT2D eigenvalue weighted by Gasteiger charge is -2.32. The van der Waals surface area contributed by atoms with Crippen molar-refractivity contribution in [2.75, 3.05) is 31.1 Å². The van der Waals surface area contributed by atoms with Gasteiger partial charge in [-0.15, -0.1) is 0 Å². The standard InChI is InChI=1S/C21H25N5O/c1-21(2)11-13-14(12-21)20(25-9-7-23-8-10-25)26-16-6-4-3-5-15(16)24-19(26)17(13)18(22)27/h3-6,23H,7-12H2,1-2H3,(H2,22,27). The van der Waals surface area contributed by atoms with Crippen LogP contribution in [0.15, 0.2) is 24.3 Å². The summed E-state index contributed by atoms with van der Waals surface area (Å²) in [6.45, 7) is 8.35. The Hall–Kier alpha value is -2.60. The smallest absolute Gasteiger partial charge is 0.252 e. The van der Waals surface area contributed by atoms with Gasteiger partial charge in [0.25, 0.3) is 5.91 Å². The zero-order chi connectivity index (χ0) is 18.8. The number of nitrogens with one attached hydrogen (secondary N) is 1. The number of benzene rings is 1. The number of imidazole rings is 1. The molecule has 1 aliphatic heterocycles. The van der Waals surface area contributed by atoms with Crippen molar-refractivity contribution in [2.24, 2.45) is 11.1 Å². The Balaban J connectivity index is 1.93. The molecule has 0 saturated carbocycles. The average molecular weight is 363 g/mol. The first-order chi connectivity index (χ1) is 13.0. The molecule has 1 aliphatic carbocycles. The number of anilines is 1. The number of nitrogens with two attached hydrogens (primary N) is 1. The van der Waals surface area contributed by atoms with Gasteiger partial charge in [-0.25, -0.2) is 4.98 Å². The molecule has 1 saturated heterocycles. The summed E-state index contributed by atoms with van der Waals surface area (Å²) in [6.07, 6.45) is 1.81. The third-order valence-corrected chi connectivity index (χ3v) is 5.91. The number of rotatable bonds is 2. The van der Waals surface area contributed by atoms with E-state index in [1.165, 1.54) is 11.4 Å². The Kier molecular flexibility index (Phi) is 3.49. The van der Waals surface area contributed by atoms with Gasteiger partial charge in [-0.3, -0.25) is 9.20 Å². The largest absolute Gasteiger partial charge is 0.365 e. The van der Waals surface area contributed by atoms with Gasteiger partial charge in [0.05, 0.1) is 16.6 Å². The number of nitrogens with zero attached hydrogens (tertiary/aromatic N) is 3. The van der Waals surface area contributed by atoms with E-state index in [0.29, 0.717) is 11.2 Å². The fourth-order valence-corrected chi connectivity index (χ4v) is 4.83. The molecule has 0 radical (unpaired) electrons. The highest BCUT2D eigenvalue weighted by atomic mass is 16.1. The fraction of sp³-hybridized carbons (Fsp3) is 0.429. The van der Waals surface area contributed by atoms with Crippen LogP contribution in [0, 0.1) is 5.41 Å². The van der Waals surface area contributed by atoms with Crippen LogP contribution < -0.4 is 16.0 Å². The maximum atomic E-state index is 12.5. The molecule has 5 rings (SSSR count). The zero-order valence-corrected chi connectivity index (χ0v) is 15.9. The monoisotopic (exact) mass is 363 g/mol. The van der Waals surface area contributed by atoms with Gasteiger partial charge >= 0.3 is 0 Å². The van der Waals surface area contributed by atoms with Gasteiger partial charge in [0, 0.05) is 26.2 Å². The normalized spacial score (nSPS) is 19.0. The first-order valence-corrected chi connectivity index (χ1v) is 9.67. The number of carbonyl (C=O) groups excluding carboxylic acids is 1. The van der Waals surface area contributed by atoms with E-state index in [1.807, 2.05) is 18.2 Å². The Bertz CT molecular complexity index is 1080. The molecule has 0 unspecified atom stereocenters. The van der Waals surface area contributed by atoms with Crippen LogP contribution in [-0.2, 0) is 12.8 Å². The van der Waals surface area contributed by atoms with Gasteiger partial charge in [0.2, 0.25) is 0 Å². The number of fused-ring (bicyclic) bond motifs is 4. The summed E-state index contributed by atoms with van der Waals surface area (Å²) in [5.41, 5.74) is 11.6. The molecule has 140 valence electrons. The zero-order valence-electron chi connectivity index (χ0n) is 15.9. The maximum Gasteiger partial charge on any atom is 0.252 e. The third-order valence-electron chi connectivity index (χ3n) is 5.91. The summed E-state index contributed by atoms with van der Waals surface area (Å²) in [5.74, 6) is 0.821. The summed E-state index contributed by atoms with van der Waals surface area (Å²) in [6, 6.07) is 8.10. The number of piperazine rings is 1. The summed E-state index contributed by atoms with van der Waals surface area (Å²) in [4.78, 5) is 19.8. The SMILES string of the molecule is CC1(C)Cc2c(c(N3CCNCC3)n3c(nc4ccccc43)c2C(N)=O)C1. The first kappa shape index (κ1) is 16.6. The van der Waals surface area contributed by atoms with Crippen molar-refractivity contribution in [3.05, 3.63) is 41.0 Å². The van der Waals surface area contributed by atoms with E-state index in [-0.39, 0.29) is 11.3 Å². The molecular formula is C21H25N5O. The Morgan fingerprint density at radius 1 is 1.15 bits per heavy atom. The Morgan fingerprint density at radius 2 is 1.85 bits per heavy atom. The van der Waals surface area contributed by atoms with E-state index in [4.69, 9.17) is 10.7 Å². The van der Waals surface area contributed by atoms with Crippen molar-refractivity contribution in [1.29, 1.82) is 0 Å². The topological polar surface area (TPSA) is 75.7 Å². The van der Waals surface area contributed by atoms with Crippen molar-refractivity contribution in [3.63, 3.8) is 0 Å². The van der Waals surface area contributed by atoms with Crippen molar-refractivity contribution in [3.8, 4) is 0 Å². The number of aromatic nitrogens is 2. The summed E-state index contributed by atoms with van der Waals surface area (Å²) in [5, 5.41) is 3.44. The van der Waals surface area contributed by atoms with Gasteiger partial charge in [-0.2, -0.15) is 0 Å². The molecule has 6 nitrogen and oxygen atoms in total. The molecule has 1 amide bonds. The minimum Gasteiger partial charge on any atom is -0.365 e. The molecule has 2 aromatic heterocycles. The lowest BCUT2D eigenvalue weighted by molar-refractivity contribution is 0.100. The molecular weight excluding hydrogens is 338 g/mol. The second kappa shape index (κ2) is 5.70. The molecule has 3 N–H and O–H groups in total. The van der Waals surface area contributed by atoms with Crippen LogP contribution in [0.3, 0.4) is 0 Å². The van der Waals surface area contributed by atoms with E-state index in [9.17, 15) is 4.79 Å². The maximum absolute atomic E-state index is 12.5. The van der Waals surface area contributed by atoms with Crippen LogP contribution in [0.4, 0.5) is 5.82 Å². The molecule has 0 bridgehead atoms. The second-order valence-electron chi connectivity index (χ2n) is 8.53. The van der Waals surface area contributed by atoms with E-state index >= 15 is 0 Å². The number of amides is 1. The van der Waals surface area contributed by atoms with Gasteiger partial charge in [0.1, 0.15) is 5.82 Å². The molecule has 0 atom stereocenters. The predicted molar refractivity (Wildman–Crippen MR) is 107 cm³/mol. The predicted octanol–water partition coefficient (Wildman–Crippen LogP) is 2.12. The molecule has 1 fully saturated rings. The van der Waals surface area contributed by atoms with Gasteiger partial charge in [-0.1, -0.05) is 26.0 Å². The summed E-state index contributed by atoms with van der Waals surface area (Å²) in [7, 11) is 0. The fourth-order valence-electron chi connectivity index (χ4n) is 4.83. The molecule has 27 heavy (non-hydrogen) atoms. The van der Waals surface area contributed by atoms with Gasteiger partial charge in [0.15, 0.2) is 5.65 Å². The van der Waals surface area contributed by atoms with E-state index < -0.39 is 0 Å². The molecule has 3 aromatic rings. The molecule has 0 spiro atoms. The second-order valence-corrected chi connectivity index (χ2v) is 8.53. The van der Waals surface area contributed by atoms with Gasteiger partial charge in [-0.05, 0) is 41.5 Å². The lowest BCUT2D eigenvalue weighted by Crippen LogP contribution is -2.44. The summed E-state index contributed by atoms with van der Waals surface area (Å²) < 4.78 is 2.18. The number of carbonyl (C=O) groups is 1. The van der Waals surface area contributed by atoms with Crippen molar-refractivity contribution < 1.29 is 4.79 Å². The van der Waals surface area contributed by atoms with Crippen LogP contribution in [0.25, 0.3) is 16.7 Å². The van der Waals surface area contributed by atoms with Gasteiger partial charge < -0.3 is 16.0 Å². The minimum atomic E-state index is -0.379. The van der Waals surface area contributed by atoms with E-state index in [1.54, 1.807) is 0 Å². The van der Waals surface area contributed by atoms with Crippen LogP contribution in [0.5, 0.6) is 0 Å². The van der Waals surface area contributed by atoms with Crippen LogP contribution >= 0.6 is 0 Å². The number of pyridine rings is 1. The first-order valence-electron chi connectivity index (χ1n) is 9.67. The number of hydrogen-bond donors (Lipinski definition) is 2. The molecule has 6 heteroatoms. The number of primary amides is 1. The Labute approximate surface area is 158 Å². The lowest BCUT2D eigenvalue weighted by atomic mass is 9.90. The molecule has 3 heterocycles. The summed E-state index contributed by atoms with van der Waals surface area (Å²) >= 11 is 0.